The number of esters is 2. The number of phosphoric ester groups is 1. The number of allylic oxidation sites excluding steroid dienone is 32. The molecular formula is C76H121NO8P+. The van der Waals surface area contributed by atoms with Crippen molar-refractivity contribution < 1.29 is 42.1 Å². The van der Waals surface area contributed by atoms with E-state index in [0.717, 1.165) is 154 Å². The summed E-state index contributed by atoms with van der Waals surface area (Å²) in [7, 11) is 1.43. The van der Waals surface area contributed by atoms with Crippen molar-refractivity contribution in [3.8, 4) is 0 Å². The van der Waals surface area contributed by atoms with Gasteiger partial charge < -0.3 is 18.9 Å². The highest BCUT2D eigenvalue weighted by atomic mass is 31.2. The maximum atomic E-state index is 12.9. The van der Waals surface area contributed by atoms with E-state index in [1.807, 2.05) is 21.1 Å². The highest BCUT2D eigenvalue weighted by molar-refractivity contribution is 7.47. The molecule has 2 atom stereocenters. The van der Waals surface area contributed by atoms with Gasteiger partial charge in [-0.2, -0.15) is 0 Å². The summed E-state index contributed by atoms with van der Waals surface area (Å²) in [6.07, 6.45) is 101. The second kappa shape index (κ2) is 64.3. The predicted molar refractivity (Wildman–Crippen MR) is 371 cm³/mol. The van der Waals surface area contributed by atoms with E-state index in [0.29, 0.717) is 23.9 Å². The lowest BCUT2D eigenvalue weighted by Crippen LogP contribution is -2.37. The molecule has 482 valence electrons. The van der Waals surface area contributed by atoms with E-state index >= 15 is 0 Å². The Morgan fingerprint density at radius 3 is 0.930 bits per heavy atom. The Labute approximate surface area is 526 Å². The number of rotatable bonds is 58. The first-order valence-corrected chi connectivity index (χ1v) is 34.7. The zero-order valence-corrected chi connectivity index (χ0v) is 55.6. The van der Waals surface area contributed by atoms with Gasteiger partial charge >= 0.3 is 19.8 Å². The highest BCUT2D eigenvalue weighted by Crippen LogP contribution is 2.43. The van der Waals surface area contributed by atoms with Gasteiger partial charge in [-0.3, -0.25) is 18.6 Å². The molecule has 0 spiro atoms. The first-order valence-electron chi connectivity index (χ1n) is 33.2. The Morgan fingerprint density at radius 2 is 0.628 bits per heavy atom. The molecule has 10 heteroatoms. The first-order chi connectivity index (χ1) is 42.0. The maximum absolute atomic E-state index is 12.9. The number of hydrogen-bond acceptors (Lipinski definition) is 7. The smallest absolute Gasteiger partial charge is 0.462 e. The van der Waals surface area contributed by atoms with E-state index in [1.165, 1.54) is 25.7 Å². The Kier molecular flexibility index (Phi) is 60.5. The third-order valence-corrected chi connectivity index (χ3v) is 14.1. The van der Waals surface area contributed by atoms with E-state index < -0.39 is 32.5 Å². The monoisotopic (exact) mass is 1210 g/mol. The van der Waals surface area contributed by atoms with Gasteiger partial charge in [-0.05, 0) is 141 Å². The minimum atomic E-state index is -4.41. The molecule has 9 nitrogen and oxygen atoms in total. The molecule has 0 aliphatic carbocycles. The van der Waals surface area contributed by atoms with E-state index in [4.69, 9.17) is 18.5 Å². The van der Waals surface area contributed by atoms with Gasteiger partial charge in [0.05, 0.1) is 27.7 Å². The number of hydrogen-bond donors (Lipinski definition) is 1. The lowest BCUT2D eigenvalue weighted by Gasteiger charge is -2.24. The normalized spacial score (nSPS) is 14.4. The third-order valence-electron chi connectivity index (χ3n) is 13.1. The summed E-state index contributed by atoms with van der Waals surface area (Å²) in [6, 6.07) is 0. The molecular weight excluding hydrogens is 1090 g/mol. The Bertz CT molecular complexity index is 2150. The summed E-state index contributed by atoms with van der Waals surface area (Å²) in [5.74, 6) is -0.852. The van der Waals surface area contributed by atoms with Crippen molar-refractivity contribution in [3.63, 3.8) is 0 Å². The average Bonchev–Trinajstić information content (AvgIpc) is 3.56. The summed E-state index contributed by atoms with van der Waals surface area (Å²) in [5.41, 5.74) is 0. The molecule has 0 aromatic heterocycles. The van der Waals surface area contributed by atoms with Crippen LogP contribution in [0.2, 0.25) is 0 Å². The lowest BCUT2D eigenvalue weighted by atomic mass is 10.1. The van der Waals surface area contributed by atoms with Gasteiger partial charge in [0.2, 0.25) is 0 Å². The second-order valence-corrected chi connectivity index (χ2v) is 23.8. The van der Waals surface area contributed by atoms with Crippen LogP contribution in [-0.4, -0.2) is 74.9 Å². The van der Waals surface area contributed by atoms with Gasteiger partial charge in [0.15, 0.2) is 6.10 Å². The Morgan fingerprint density at radius 1 is 0.360 bits per heavy atom. The third kappa shape index (κ3) is 68.0. The van der Waals surface area contributed by atoms with Crippen molar-refractivity contribution in [1.82, 2.24) is 0 Å². The minimum absolute atomic E-state index is 0.0141. The predicted octanol–water partition coefficient (Wildman–Crippen LogP) is 21.7. The molecule has 86 heavy (non-hydrogen) atoms. The molecule has 0 bridgehead atoms. The molecule has 2 unspecified atom stereocenters. The van der Waals surface area contributed by atoms with Crippen LogP contribution >= 0.6 is 7.82 Å². The number of quaternary nitrogens is 1. The highest BCUT2D eigenvalue weighted by Gasteiger charge is 2.27. The molecule has 0 rings (SSSR count). The van der Waals surface area contributed by atoms with Crippen molar-refractivity contribution in [2.45, 2.75) is 225 Å². The number of unbranched alkanes of at least 4 members (excludes halogenated alkanes) is 12. The molecule has 0 amide bonds. The fraction of sp³-hybridized carbons (Fsp3) is 0.553. The van der Waals surface area contributed by atoms with Crippen LogP contribution in [0.1, 0.15) is 219 Å². The topological polar surface area (TPSA) is 108 Å². The van der Waals surface area contributed by atoms with Crippen molar-refractivity contribution >= 4 is 19.8 Å². The van der Waals surface area contributed by atoms with E-state index in [-0.39, 0.29) is 26.1 Å². The molecule has 0 aliphatic rings. The van der Waals surface area contributed by atoms with Crippen molar-refractivity contribution in [2.75, 3.05) is 47.5 Å². The summed E-state index contributed by atoms with van der Waals surface area (Å²) in [6.45, 7) is 4.13. The number of carbonyl (C=O) groups excluding carboxylic acids is 2. The van der Waals surface area contributed by atoms with E-state index in [2.05, 4.69) is 208 Å². The number of nitrogens with zero attached hydrogens (tertiary/aromatic N) is 1. The zero-order chi connectivity index (χ0) is 62.6. The Balaban J connectivity index is 4.21. The van der Waals surface area contributed by atoms with Crippen molar-refractivity contribution in [3.05, 3.63) is 194 Å². The van der Waals surface area contributed by atoms with E-state index in [9.17, 15) is 19.0 Å². The van der Waals surface area contributed by atoms with Crippen LogP contribution in [-0.2, 0) is 32.7 Å². The summed E-state index contributed by atoms with van der Waals surface area (Å²) >= 11 is 0. The molecule has 0 aromatic rings. The van der Waals surface area contributed by atoms with Crippen LogP contribution in [0.5, 0.6) is 0 Å². The van der Waals surface area contributed by atoms with Gasteiger partial charge in [0.25, 0.3) is 0 Å². The standard InChI is InChI=1S/C76H120NO8P/c1-6-8-10-12-14-16-18-20-22-24-26-28-30-31-32-33-34-35-36-37-38-39-40-41-42-43-44-45-47-49-51-53-55-57-59-61-63-65-67-69-76(79)85-74(73-84-86(80,81)83-71-70-77(3,4)5)72-82-75(78)68-66-64-62-60-58-56-54-52-50-48-46-29-27-25-23-21-19-17-15-13-11-9-7-2/h8-11,14-17,20-23,26-29,31-32,34-35,37-38,40-41,43-44,47-50,54,56,74H,6-7,12-13,18-19,24-25,30,33,36,39,42,45-46,51-53,55,57-73H2,1-5H3/p+1/b10-8-,11-9-,16-14-,17-15-,22-20-,23-21-,28-26-,29-27-,32-31-,35-34-,38-37-,41-40-,44-43-,49-47-,50-48-,56-54-. The van der Waals surface area contributed by atoms with Crippen LogP contribution < -0.4 is 0 Å². The van der Waals surface area contributed by atoms with Crippen LogP contribution in [0.3, 0.4) is 0 Å². The molecule has 0 saturated carbocycles. The van der Waals surface area contributed by atoms with Gasteiger partial charge in [-0.15, -0.1) is 0 Å². The van der Waals surface area contributed by atoms with Gasteiger partial charge in [0.1, 0.15) is 19.8 Å². The van der Waals surface area contributed by atoms with Crippen molar-refractivity contribution in [2.24, 2.45) is 0 Å². The number of likely N-dealkylation sites (N-methyl/N-ethyl adjacent to an activating group) is 1. The number of carbonyl (C=O) groups is 2. The van der Waals surface area contributed by atoms with E-state index in [1.54, 1.807) is 0 Å². The quantitative estimate of drug-likeness (QED) is 0.0211. The largest absolute Gasteiger partial charge is 0.472 e. The first kappa shape index (κ1) is 80.8. The van der Waals surface area contributed by atoms with Crippen molar-refractivity contribution in [1.29, 1.82) is 0 Å². The van der Waals surface area contributed by atoms with Crippen LogP contribution in [0.15, 0.2) is 194 Å². The molecule has 0 radical (unpaired) electrons. The molecule has 0 aliphatic heterocycles. The Hall–Kier alpha value is -5.15. The molecule has 1 N–H and O–H groups in total. The zero-order valence-electron chi connectivity index (χ0n) is 54.7. The lowest BCUT2D eigenvalue weighted by molar-refractivity contribution is -0.870. The minimum Gasteiger partial charge on any atom is -0.462 e. The van der Waals surface area contributed by atoms with Gasteiger partial charge in [-0.1, -0.05) is 260 Å². The van der Waals surface area contributed by atoms with Gasteiger partial charge in [-0.25, -0.2) is 4.57 Å². The number of phosphoric acid groups is 1. The van der Waals surface area contributed by atoms with Crippen LogP contribution in [0, 0.1) is 0 Å². The second-order valence-electron chi connectivity index (χ2n) is 22.4. The molecule has 0 heterocycles. The fourth-order valence-corrected chi connectivity index (χ4v) is 8.85. The molecule has 0 fully saturated rings. The fourth-order valence-electron chi connectivity index (χ4n) is 8.10. The summed E-state index contributed by atoms with van der Waals surface area (Å²) in [5, 5.41) is 0. The average molecular weight is 1210 g/mol. The van der Waals surface area contributed by atoms with Gasteiger partial charge in [0, 0.05) is 12.8 Å². The maximum Gasteiger partial charge on any atom is 0.472 e. The van der Waals surface area contributed by atoms with Crippen LogP contribution in [0.25, 0.3) is 0 Å². The molecule has 0 aromatic carbocycles. The number of ether oxygens (including phenoxy) is 2. The molecule has 0 saturated heterocycles. The SMILES string of the molecule is CC/C=C\C/C=C\C/C=C\C/C=C\C/C=C\C/C=C\C/C=C\C/C=C\C/C=C\C/C=C\CCCCCCCCCCC(=O)OC(COC(=O)CCCCCC/C=C\C/C=C\C/C=C\C/C=C\C/C=C\C/C=C\CC)COP(=O)(O)OCC[N+](C)(C)C. The summed E-state index contributed by atoms with van der Waals surface area (Å²) in [4.78, 5) is 35.8. The van der Waals surface area contributed by atoms with Crippen LogP contribution in [0.4, 0.5) is 0 Å². The summed E-state index contributed by atoms with van der Waals surface area (Å²) < 4.78 is 34.6.